The Bertz CT molecular complexity index is 429. The lowest BCUT2D eigenvalue weighted by molar-refractivity contribution is -0.137. The van der Waals surface area contributed by atoms with Crippen LogP contribution in [0.4, 0.5) is 0 Å². The van der Waals surface area contributed by atoms with Crippen molar-refractivity contribution in [3.8, 4) is 0 Å². The van der Waals surface area contributed by atoms with E-state index >= 15 is 0 Å². The van der Waals surface area contributed by atoms with Gasteiger partial charge in [-0.15, -0.1) is 10.2 Å². The van der Waals surface area contributed by atoms with Crippen molar-refractivity contribution >= 4 is 5.91 Å². The lowest BCUT2D eigenvalue weighted by atomic mass is 9.96. The molecule has 1 aromatic heterocycles. The first-order valence-corrected chi connectivity index (χ1v) is 6.12. The van der Waals surface area contributed by atoms with Crippen LogP contribution in [-0.4, -0.2) is 45.2 Å². The summed E-state index contributed by atoms with van der Waals surface area (Å²) in [6.07, 6.45) is 1.73. The van der Waals surface area contributed by atoms with Crippen molar-refractivity contribution in [1.82, 2.24) is 25.0 Å². The molecule has 1 fully saturated rings. The van der Waals surface area contributed by atoms with Gasteiger partial charge in [0.25, 0.3) is 0 Å². The maximum atomic E-state index is 12.4. The quantitative estimate of drug-likeness (QED) is 0.711. The van der Waals surface area contributed by atoms with E-state index in [1.54, 1.807) is 6.33 Å². The third-order valence-electron chi connectivity index (χ3n) is 3.79. The van der Waals surface area contributed by atoms with E-state index in [1.165, 1.54) is 0 Å². The molecule has 1 saturated heterocycles. The van der Waals surface area contributed by atoms with Gasteiger partial charge in [-0.1, -0.05) is 6.92 Å². The minimum Gasteiger partial charge on any atom is -0.333 e. The van der Waals surface area contributed by atoms with Crippen molar-refractivity contribution in [3.63, 3.8) is 0 Å². The van der Waals surface area contributed by atoms with Gasteiger partial charge in [-0.05, 0) is 12.5 Å². The second kappa shape index (κ2) is 4.10. The highest BCUT2D eigenvalue weighted by atomic mass is 16.2. The van der Waals surface area contributed by atoms with Gasteiger partial charge in [0, 0.05) is 19.6 Å². The van der Waals surface area contributed by atoms with Gasteiger partial charge in [0.2, 0.25) is 5.91 Å². The Morgan fingerprint density at radius 2 is 2.35 bits per heavy atom. The fourth-order valence-electron chi connectivity index (χ4n) is 2.63. The summed E-state index contributed by atoms with van der Waals surface area (Å²) in [5.74, 6) is 1.71. The first-order valence-electron chi connectivity index (χ1n) is 6.12. The van der Waals surface area contributed by atoms with Crippen LogP contribution in [-0.2, 0) is 17.9 Å². The number of hydrogen-bond acceptors (Lipinski definition) is 4. The number of fused-ring (bicyclic) bond motifs is 1. The van der Waals surface area contributed by atoms with Crippen molar-refractivity contribution in [2.45, 2.75) is 20.0 Å². The molecule has 0 aromatic carbocycles. The summed E-state index contributed by atoms with van der Waals surface area (Å²) < 4.78 is 2.01. The molecule has 1 amide bonds. The molecular weight excluding hydrogens is 218 g/mol. The van der Waals surface area contributed by atoms with Crippen LogP contribution >= 0.6 is 0 Å². The third kappa shape index (κ3) is 1.82. The molecule has 2 aliphatic heterocycles. The van der Waals surface area contributed by atoms with Gasteiger partial charge in [0.15, 0.2) is 5.82 Å². The van der Waals surface area contributed by atoms with Gasteiger partial charge in [-0.25, -0.2) is 0 Å². The molecule has 3 rings (SSSR count). The van der Waals surface area contributed by atoms with Gasteiger partial charge in [0.1, 0.15) is 6.33 Å². The zero-order valence-corrected chi connectivity index (χ0v) is 9.96. The molecule has 0 bridgehead atoms. The molecule has 0 saturated carbocycles. The van der Waals surface area contributed by atoms with Gasteiger partial charge in [0.05, 0.1) is 12.5 Å². The van der Waals surface area contributed by atoms with Crippen LogP contribution in [0.3, 0.4) is 0 Å². The Kier molecular flexibility index (Phi) is 2.58. The number of nitrogens with one attached hydrogen (secondary N) is 1. The maximum absolute atomic E-state index is 12.4. The Hall–Kier alpha value is -1.43. The summed E-state index contributed by atoms with van der Waals surface area (Å²) in [4.78, 5) is 14.3. The molecular formula is C11H17N5O. The maximum Gasteiger partial charge on any atom is 0.227 e. The molecule has 0 aliphatic carbocycles. The van der Waals surface area contributed by atoms with E-state index in [-0.39, 0.29) is 11.8 Å². The lowest BCUT2D eigenvalue weighted by Crippen LogP contribution is -2.43. The minimum absolute atomic E-state index is 0.129. The summed E-state index contributed by atoms with van der Waals surface area (Å²) in [6.45, 7) is 6.07. The second-order valence-corrected chi connectivity index (χ2v) is 4.94. The molecule has 2 aliphatic rings. The molecule has 2 atom stereocenters. The first-order chi connectivity index (χ1) is 8.25. The highest BCUT2D eigenvalue weighted by Gasteiger charge is 2.34. The average Bonchev–Trinajstić information content (AvgIpc) is 2.95. The van der Waals surface area contributed by atoms with E-state index in [0.29, 0.717) is 12.5 Å². The predicted octanol–water partition coefficient (Wildman–Crippen LogP) is -0.524. The number of rotatable bonds is 1. The minimum atomic E-state index is 0.129. The van der Waals surface area contributed by atoms with E-state index in [1.807, 2.05) is 9.47 Å². The van der Waals surface area contributed by atoms with E-state index < -0.39 is 0 Å². The number of carbonyl (C=O) groups excluding carboxylic acids is 1. The first kappa shape index (κ1) is 10.7. The Balaban J connectivity index is 1.72. The number of carbonyl (C=O) groups is 1. The largest absolute Gasteiger partial charge is 0.333 e. The number of aromatic nitrogens is 3. The Labute approximate surface area is 100 Å². The van der Waals surface area contributed by atoms with Crippen molar-refractivity contribution < 1.29 is 4.79 Å². The van der Waals surface area contributed by atoms with Gasteiger partial charge < -0.3 is 14.8 Å². The average molecular weight is 235 g/mol. The summed E-state index contributed by atoms with van der Waals surface area (Å²) >= 11 is 0. The van der Waals surface area contributed by atoms with Crippen LogP contribution in [0.15, 0.2) is 6.33 Å². The molecule has 92 valence electrons. The highest BCUT2D eigenvalue weighted by molar-refractivity contribution is 5.79. The van der Waals surface area contributed by atoms with E-state index in [4.69, 9.17) is 0 Å². The van der Waals surface area contributed by atoms with Crippen LogP contribution < -0.4 is 5.32 Å². The van der Waals surface area contributed by atoms with Gasteiger partial charge in [-0.2, -0.15) is 0 Å². The SMILES string of the molecule is C[C@@H]1CNC[C@H]1C(=O)N1CCn2cnnc2C1. The molecule has 3 heterocycles. The molecule has 0 radical (unpaired) electrons. The summed E-state index contributed by atoms with van der Waals surface area (Å²) in [5.41, 5.74) is 0. The number of amides is 1. The van der Waals surface area contributed by atoms with Crippen molar-refractivity contribution in [1.29, 1.82) is 0 Å². The van der Waals surface area contributed by atoms with Crippen LogP contribution in [0, 0.1) is 11.8 Å². The lowest BCUT2D eigenvalue weighted by Gasteiger charge is -2.30. The van der Waals surface area contributed by atoms with E-state index in [0.717, 1.165) is 32.0 Å². The van der Waals surface area contributed by atoms with E-state index in [9.17, 15) is 4.79 Å². The van der Waals surface area contributed by atoms with Crippen molar-refractivity contribution in [2.24, 2.45) is 11.8 Å². The van der Waals surface area contributed by atoms with E-state index in [2.05, 4.69) is 22.4 Å². The highest BCUT2D eigenvalue weighted by Crippen LogP contribution is 2.21. The molecule has 0 spiro atoms. The van der Waals surface area contributed by atoms with Gasteiger partial charge in [-0.3, -0.25) is 4.79 Å². The van der Waals surface area contributed by atoms with Crippen molar-refractivity contribution in [3.05, 3.63) is 12.2 Å². The van der Waals surface area contributed by atoms with Gasteiger partial charge >= 0.3 is 0 Å². The Morgan fingerprint density at radius 1 is 1.47 bits per heavy atom. The normalized spacial score (nSPS) is 28.2. The molecule has 6 heteroatoms. The smallest absolute Gasteiger partial charge is 0.227 e. The molecule has 0 unspecified atom stereocenters. The fraction of sp³-hybridized carbons (Fsp3) is 0.727. The second-order valence-electron chi connectivity index (χ2n) is 4.94. The molecule has 17 heavy (non-hydrogen) atoms. The van der Waals surface area contributed by atoms with Crippen LogP contribution in [0.5, 0.6) is 0 Å². The summed E-state index contributed by atoms with van der Waals surface area (Å²) in [5, 5.41) is 11.2. The zero-order valence-electron chi connectivity index (χ0n) is 9.96. The van der Waals surface area contributed by atoms with Crippen LogP contribution in [0.25, 0.3) is 0 Å². The zero-order chi connectivity index (χ0) is 11.8. The molecule has 1 aromatic rings. The fourth-order valence-corrected chi connectivity index (χ4v) is 2.63. The molecule has 1 N–H and O–H groups in total. The summed E-state index contributed by atoms with van der Waals surface area (Å²) in [7, 11) is 0. The summed E-state index contributed by atoms with van der Waals surface area (Å²) in [6, 6.07) is 0. The monoisotopic (exact) mass is 235 g/mol. The topological polar surface area (TPSA) is 63.1 Å². The standard InChI is InChI=1S/C11H17N5O/c1-8-4-12-5-9(8)11(17)15-2-3-16-7-13-14-10(16)6-15/h7-9,12H,2-6H2,1H3/t8-,9-/m1/s1. The Morgan fingerprint density at radius 3 is 3.12 bits per heavy atom. The van der Waals surface area contributed by atoms with Crippen molar-refractivity contribution in [2.75, 3.05) is 19.6 Å². The van der Waals surface area contributed by atoms with Crippen LogP contribution in [0.2, 0.25) is 0 Å². The third-order valence-corrected chi connectivity index (χ3v) is 3.79. The number of hydrogen-bond donors (Lipinski definition) is 1. The molecule has 6 nitrogen and oxygen atoms in total. The van der Waals surface area contributed by atoms with Crippen LogP contribution in [0.1, 0.15) is 12.7 Å². The number of nitrogens with zero attached hydrogens (tertiary/aromatic N) is 4. The predicted molar refractivity (Wildman–Crippen MR) is 61.0 cm³/mol.